The van der Waals surface area contributed by atoms with Gasteiger partial charge in [0, 0.05) is 0 Å². The summed E-state index contributed by atoms with van der Waals surface area (Å²) in [5, 5.41) is 6.12. The number of thiocarbonyl (C=S) groups is 1. The van der Waals surface area contributed by atoms with Crippen molar-refractivity contribution in [3.63, 3.8) is 0 Å². The smallest absolute Gasteiger partial charge is 0.228 e. The number of amides is 1. The molecule has 0 spiro atoms. The first-order valence-corrected chi connectivity index (χ1v) is 6.17. The lowest BCUT2D eigenvalue weighted by atomic mass is 9.97. The molecule has 2 rings (SSSR count). The number of rotatable bonds is 2. The van der Waals surface area contributed by atoms with E-state index in [1.807, 2.05) is 0 Å². The van der Waals surface area contributed by atoms with E-state index in [1.54, 1.807) is 0 Å². The summed E-state index contributed by atoms with van der Waals surface area (Å²) >= 11 is 4.98. The van der Waals surface area contributed by atoms with Gasteiger partial charge in [-0.1, -0.05) is 38.1 Å². The predicted octanol–water partition coefficient (Wildman–Crippen LogP) is 2.25. The van der Waals surface area contributed by atoms with Gasteiger partial charge in [0.2, 0.25) is 5.91 Å². The molecule has 1 atom stereocenters. The van der Waals surface area contributed by atoms with Crippen molar-refractivity contribution in [2.45, 2.75) is 32.2 Å². The number of nitrogens with one attached hydrogen (secondary N) is 2. The third-order valence-electron chi connectivity index (χ3n) is 2.95. The quantitative estimate of drug-likeness (QED) is 0.789. The molecule has 1 heterocycles. The summed E-state index contributed by atoms with van der Waals surface area (Å²) in [5.41, 5.74) is 2.41. The van der Waals surface area contributed by atoms with Gasteiger partial charge >= 0.3 is 0 Å². The highest BCUT2D eigenvalue weighted by Gasteiger charge is 2.22. The number of hydrogen-bond acceptors (Lipinski definition) is 2. The van der Waals surface area contributed by atoms with Gasteiger partial charge in [0.15, 0.2) is 5.11 Å². The van der Waals surface area contributed by atoms with Crippen molar-refractivity contribution in [2.75, 3.05) is 0 Å². The highest BCUT2D eigenvalue weighted by molar-refractivity contribution is 7.80. The SMILES string of the molecule is CC(C)c1ccc(C2CC(=O)NC(=S)N2)cc1. The molecule has 0 radical (unpaired) electrons. The fourth-order valence-corrected chi connectivity index (χ4v) is 2.18. The van der Waals surface area contributed by atoms with Crippen LogP contribution in [0.3, 0.4) is 0 Å². The zero-order valence-electron chi connectivity index (χ0n) is 9.99. The van der Waals surface area contributed by atoms with E-state index in [2.05, 4.69) is 48.7 Å². The van der Waals surface area contributed by atoms with Gasteiger partial charge in [-0.15, -0.1) is 0 Å². The minimum Gasteiger partial charge on any atom is -0.355 e. The Morgan fingerprint density at radius 2 is 1.94 bits per heavy atom. The Labute approximate surface area is 107 Å². The first-order chi connectivity index (χ1) is 8.06. The van der Waals surface area contributed by atoms with Crippen LogP contribution in [0.2, 0.25) is 0 Å². The maximum atomic E-state index is 11.4. The van der Waals surface area contributed by atoms with Crippen LogP contribution in [0, 0.1) is 0 Å². The molecule has 1 aromatic rings. The molecule has 0 aliphatic carbocycles. The summed E-state index contributed by atoms with van der Waals surface area (Å²) in [7, 11) is 0. The van der Waals surface area contributed by atoms with Crippen molar-refractivity contribution in [1.82, 2.24) is 10.6 Å². The third-order valence-corrected chi connectivity index (χ3v) is 3.17. The Morgan fingerprint density at radius 1 is 1.29 bits per heavy atom. The van der Waals surface area contributed by atoms with E-state index in [1.165, 1.54) is 5.56 Å². The molecule has 4 heteroatoms. The van der Waals surface area contributed by atoms with Gasteiger partial charge < -0.3 is 10.6 Å². The number of carbonyl (C=O) groups is 1. The van der Waals surface area contributed by atoms with Crippen molar-refractivity contribution in [3.8, 4) is 0 Å². The molecule has 1 fully saturated rings. The van der Waals surface area contributed by atoms with Crippen LogP contribution >= 0.6 is 12.2 Å². The Bertz CT molecular complexity index is 423. The summed E-state index contributed by atoms with van der Waals surface area (Å²) in [4.78, 5) is 11.4. The molecule has 90 valence electrons. The van der Waals surface area contributed by atoms with E-state index in [4.69, 9.17) is 12.2 Å². The topological polar surface area (TPSA) is 41.1 Å². The summed E-state index contributed by atoms with van der Waals surface area (Å²) in [6.07, 6.45) is 0.432. The lowest BCUT2D eigenvalue weighted by Crippen LogP contribution is -2.47. The second-order valence-electron chi connectivity index (χ2n) is 4.60. The van der Waals surface area contributed by atoms with Gasteiger partial charge in [-0.05, 0) is 29.3 Å². The summed E-state index contributed by atoms with van der Waals surface area (Å²) < 4.78 is 0. The standard InChI is InChI=1S/C13H16N2OS/c1-8(2)9-3-5-10(6-4-9)11-7-12(16)15-13(17)14-11/h3-6,8,11H,7H2,1-2H3,(H2,14,15,16,17). The Balaban J connectivity index is 2.16. The second kappa shape index (κ2) is 4.84. The molecule has 0 saturated carbocycles. The van der Waals surface area contributed by atoms with Gasteiger partial charge in [0.25, 0.3) is 0 Å². The fraction of sp³-hybridized carbons (Fsp3) is 0.385. The molecule has 1 amide bonds. The van der Waals surface area contributed by atoms with E-state index in [0.29, 0.717) is 17.5 Å². The van der Waals surface area contributed by atoms with E-state index < -0.39 is 0 Å². The van der Waals surface area contributed by atoms with E-state index in [9.17, 15) is 4.79 Å². The maximum absolute atomic E-state index is 11.4. The number of benzene rings is 1. The van der Waals surface area contributed by atoms with Crippen LogP contribution in [0.1, 0.15) is 43.4 Å². The van der Waals surface area contributed by atoms with E-state index >= 15 is 0 Å². The van der Waals surface area contributed by atoms with Gasteiger partial charge in [0.1, 0.15) is 0 Å². The monoisotopic (exact) mass is 248 g/mol. The fourth-order valence-electron chi connectivity index (χ4n) is 1.92. The molecule has 2 N–H and O–H groups in total. The molecule has 17 heavy (non-hydrogen) atoms. The zero-order chi connectivity index (χ0) is 12.4. The van der Waals surface area contributed by atoms with Gasteiger partial charge in [0.05, 0.1) is 12.5 Å². The van der Waals surface area contributed by atoms with Crippen molar-refractivity contribution < 1.29 is 4.79 Å². The van der Waals surface area contributed by atoms with Gasteiger partial charge in [-0.25, -0.2) is 0 Å². The summed E-state index contributed by atoms with van der Waals surface area (Å²) in [5.74, 6) is 0.499. The molecule has 1 saturated heterocycles. The lowest BCUT2D eigenvalue weighted by molar-refractivity contribution is -0.120. The van der Waals surface area contributed by atoms with Crippen LogP contribution in [-0.2, 0) is 4.79 Å². The van der Waals surface area contributed by atoms with Crippen molar-refractivity contribution in [1.29, 1.82) is 0 Å². The van der Waals surface area contributed by atoms with Crippen LogP contribution in [-0.4, -0.2) is 11.0 Å². The number of carbonyl (C=O) groups excluding carboxylic acids is 1. The molecule has 1 unspecified atom stereocenters. The zero-order valence-corrected chi connectivity index (χ0v) is 10.8. The molecular weight excluding hydrogens is 232 g/mol. The van der Waals surface area contributed by atoms with E-state index in [-0.39, 0.29) is 11.9 Å². The third kappa shape index (κ3) is 2.82. The Kier molecular flexibility index (Phi) is 3.43. The van der Waals surface area contributed by atoms with Crippen molar-refractivity contribution >= 4 is 23.2 Å². The molecular formula is C13H16N2OS. The van der Waals surface area contributed by atoms with Crippen molar-refractivity contribution in [3.05, 3.63) is 35.4 Å². The minimum atomic E-state index is -0.0216. The van der Waals surface area contributed by atoms with Crippen LogP contribution in [0.5, 0.6) is 0 Å². The average Bonchev–Trinajstić information content (AvgIpc) is 2.28. The molecule has 0 aromatic heterocycles. The van der Waals surface area contributed by atoms with Gasteiger partial charge in [-0.2, -0.15) is 0 Å². The molecule has 3 nitrogen and oxygen atoms in total. The lowest BCUT2D eigenvalue weighted by Gasteiger charge is -2.25. The Morgan fingerprint density at radius 3 is 2.47 bits per heavy atom. The first kappa shape index (κ1) is 12.0. The summed E-state index contributed by atoms with van der Waals surface area (Å²) in [6.45, 7) is 4.33. The van der Waals surface area contributed by atoms with Crippen LogP contribution < -0.4 is 10.6 Å². The highest BCUT2D eigenvalue weighted by Crippen LogP contribution is 2.22. The second-order valence-corrected chi connectivity index (χ2v) is 5.01. The molecule has 1 aromatic carbocycles. The predicted molar refractivity (Wildman–Crippen MR) is 71.8 cm³/mol. The molecule has 0 bridgehead atoms. The average molecular weight is 248 g/mol. The molecule has 1 aliphatic rings. The van der Waals surface area contributed by atoms with Crippen LogP contribution in [0.15, 0.2) is 24.3 Å². The largest absolute Gasteiger partial charge is 0.355 e. The number of hydrogen-bond donors (Lipinski definition) is 2. The van der Waals surface area contributed by atoms with Crippen LogP contribution in [0.25, 0.3) is 0 Å². The normalized spacial score (nSPS) is 20.1. The maximum Gasteiger partial charge on any atom is 0.228 e. The van der Waals surface area contributed by atoms with Gasteiger partial charge in [-0.3, -0.25) is 4.79 Å². The Hall–Kier alpha value is -1.42. The highest BCUT2D eigenvalue weighted by atomic mass is 32.1. The van der Waals surface area contributed by atoms with Crippen LogP contribution in [0.4, 0.5) is 0 Å². The summed E-state index contributed by atoms with van der Waals surface area (Å²) in [6, 6.07) is 8.34. The minimum absolute atomic E-state index is 0.00235. The van der Waals surface area contributed by atoms with Crippen molar-refractivity contribution in [2.24, 2.45) is 0 Å². The molecule has 1 aliphatic heterocycles. The van der Waals surface area contributed by atoms with E-state index in [0.717, 1.165) is 5.56 Å². The first-order valence-electron chi connectivity index (χ1n) is 5.76.